The number of furan rings is 2. The van der Waals surface area contributed by atoms with Crippen LogP contribution in [0.4, 0.5) is 17.1 Å². The predicted molar refractivity (Wildman–Crippen MR) is 236 cm³/mol. The van der Waals surface area contributed by atoms with Gasteiger partial charge in [0, 0.05) is 38.4 Å². The van der Waals surface area contributed by atoms with Gasteiger partial charge in [-0.2, -0.15) is 0 Å². The molecular formula is C53H47NO2. The van der Waals surface area contributed by atoms with Gasteiger partial charge < -0.3 is 13.7 Å². The number of anilines is 3. The van der Waals surface area contributed by atoms with E-state index < -0.39 is 0 Å². The molecule has 0 radical (unpaired) electrons. The zero-order valence-corrected chi connectivity index (χ0v) is 33.5. The highest BCUT2D eigenvalue weighted by molar-refractivity contribution is 6.19. The number of nitrogens with zero attached hydrogens (tertiary/aromatic N) is 1. The van der Waals surface area contributed by atoms with E-state index >= 15 is 0 Å². The van der Waals surface area contributed by atoms with Gasteiger partial charge in [0.2, 0.25) is 0 Å². The van der Waals surface area contributed by atoms with Gasteiger partial charge in [0.15, 0.2) is 0 Å². The van der Waals surface area contributed by atoms with E-state index in [1.807, 2.05) is 6.07 Å². The third-order valence-electron chi connectivity index (χ3n) is 12.1. The minimum atomic E-state index is -0.246. The molecule has 0 fully saturated rings. The van der Waals surface area contributed by atoms with Crippen LogP contribution in [0.5, 0.6) is 0 Å². The maximum Gasteiger partial charge on any atom is 0.139 e. The summed E-state index contributed by atoms with van der Waals surface area (Å²) in [4.78, 5) is 2.46. The Kier molecular flexibility index (Phi) is 7.36. The number of benzene rings is 7. The molecule has 2 heterocycles. The normalized spacial score (nSPS) is 13.9. The summed E-state index contributed by atoms with van der Waals surface area (Å²) in [5.74, 6) is 0. The van der Waals surface area contributed by atoms with Crippen LogP contribution in [0.15, 0.2) is 148 Å². The van der Waals surface area contributed by atoms with Crippen molar-refractivity contribution in [2.45, 2.75) is 71.6 Å². The van der Waals surface area contributed by atoms with Gasteiger partial charge in [-0.1, -0.05) is 146 Å². The molecule has 3 nitrogen and oxygen atoms in total. The van der Waals surface area contributed by atoms with Gasteiger partial charge in [0.05, 0.1) is 16.8 Å². The van der Waals surface area contributed by atoms with Crippen LogP contribution in [0.3, 0.4) is 0 Å². The average Bonchev–Trinajstić information content (AvgIpc) is 3.82. The summed E-state index contributed by atoms with van der Waals surface area (Å²) >= 11 is 0. The van der Waals surface area contributed by atoms with E-state index in [1.54, 1.807) is 0 Å². The molecule has 0 spiro atoms. The molecule has 0 saturated carbocycles. The first kappa shape index (κ1) is 34.4. The summed E-state index contributed by atoms with van der Waals surface area (Å²) in [6.45, 7) is 18.6. The van der Waals surface area contributed by atoms with E-state index in [-0.39, 0.29) is 16.2 Å². The van der Waals surface area contributed by atoms with Crippen molar-refractivity contribution in [3.63, 3.8) is 0 Å². The molecule has 0 N–H and O–H groups in total. The summed E-state index contributed by atoms with van der Waals surface area (Å²) in [5.41, 5.74) is 16.7. The second kappa shape index (κ2) is 12.0. The fourth-order valence-electron chi connectivity index (χ4n) is 9.18. The minimum absolute atomic E-state index is 0.0349. The maximum absolute atomic E-state index is 6.98. The zero-order chi connectivity index (χ0) is 38.7. The molecule has 0 unspecified atom stereocenters. The molecule has 0 amide bonds. The number of hydrogen-bond donors (Lipinski definition) is 0. The van der Waals surface area contributed by atoms with Crippen LogP contribution < -0.4 is 4.90 Å². The quantitative estimate of drug-likeness (QED) is 0.181. The molecule has 7 aromatic carbocycles. The molecule has 56 heavy (non-hydrogen) atoms. The Hall–Kier alpha value is -6.06. The molecule has 2 aromatic heterocycles. The van der Waals surface area contributed by atoms with Crippen LogP contribution in [0.2, 0.25) is 0 Å². The molecule has 9 aromatic rings. The lowest BCUT2D eigenvalue weighted by atomic mass is 9.79. The van der Waals surface area contributed by atoms with Gasteiger partial charge in [0.25, 0.3) is 0 Å². The molecule has 1 aliphatic carbocycles. The highest BCUT2D eigenvalue weighted by atomic mass is 16.3. The van der Waals surface area contributed by atoms with Gasteiger partial charge in [-0.15, -0.1) is 0 Å². The molecule has 0 atom stereocenters. The van der Waals surface area contributed by atoms with E-state index in [0.29, 0.717) is 0 Å². The van der Waals surface area contributed by atoms with Crippen LogP contribution >= 0.6 is 0 Å². The lowest BCUT2D eigenvalue weighted by Gasteiger charge is -2.29. The molecule has 0 bridgehead atoms. The molecular weight excluding hydrogens is 683 g/mol. The number of rotatable bonds is 4. The molecule has 10 rings (SSSR count). The van der Waals surface area contributed by atoms with E-state index in [2.05, 4.69) is 194 Å². The van der Waals surface area contributed by atoms with Gasteiger partial charge in [-0.25, -0.2) is 0 Å². The smallest absolute Gasteiger partial charge is 0.139 e. The lowest BCUT2D eigenvalue weighted by Crippen LogP contribution is -2.16. The minimum Gasteiger partial charge on any atom is -0.456 e. The fourth-order valence-corrected chi connectivity index (χ4v) is 9.18. The van der Waals surface area contributed by atoms with Crippen LogP contribution in [-0.4, -0.2) is 0 Å². The molecule has 0 saturated heterocycles. The first-order valence-electron chi connectivity index (χ1n) is 19.9. The summed E-state index contributed by atoms with van der Waals surface area (Å²) in [7, 11) is 0. The predicted octanol–water partition coefficient (Wildman–Crippen LogP) is 15.5. The Morgan fingerprint density at radius 2 is 1.12 bits per heavy atom. The second-order valence-electron chi connectivity index (χ2n) is 18.2. The second-order valence-corrected chi connectivity index (χ2v) is 18.2. The van der Waals surface area contributed by atoms with Crippen LogP contribution in [0, 0.1) is 0 Å². The Bertz CT molecular complexity index is 3000. The number of para-hydroxylation sites is 1. The van der Waals surface area contributed by atoms with Gasteiger partial charge in [-0.05, 0) is 92.7 Å². The average molecular weight is 730 g/mol. The highest BCUT2D eigenvalue weighted by Crippen LogP contribution is 2.58. The third-order valence-corrected chi connectivity index (χ3v) is 12.1. The van der Waals surface area contributed by atoms with Crippen molar-refractivity contribution in [3.8, 4) is 22.3 Å². The Morgan fingerprint density at radius 1 is 0.482 bits per heavy atom. The van der Waals surface area contributed by atoms with E-state index in [0.717, 1.165) is 50.2 Å². The van der Waals surface area contributed by atoms with Crippen molar-refractivity contribution in [2.24, 2.45) is 0 Å². The van der Waals surface area contributed by atoms with E-state index in [4.69, 9.17) is 8.83 Å². The molecule has 276 valence electrons. The summed E-state index contributed by atoms with van der Waals surface area (Å²) in [5, 5.41) is 4.58. The van der Waals surface area contributed by atoms with Crippen molar-refractivity contribution >= 4 is 60.9 Å². The van der Waals surface area contributed by atoms with E-state index in [9.17, 15) is 0 Å². The number of fused-ring (bicyclic) bond motifs is 10. The topological polar surface area (TPSA) is 29.5 Å². The van der Waals surface area contributed by atoms with Gasteiger partial charge in [0.1, 0.15) is 22.3 Å². The first-order chi connectivity index (χ1) is 26.8. The van der Waals surface area contributed by atoms with Crippen molar-refractivity contribution < 1.29 is 8.83 Å². The first-order valence-corrected chi connectivity index (χ1v) is 19.9. The summed E-state index contributed by atoms with van der Waals surface area (Å²) < 4.78 is 13.5. The molecule has 3 heteroatoms. The zero-order valence-electron chi connectivity index (χ0n) is 33.5. The van der Waals surface area contributed by atoms with Crippen molar-refractivity contribution in [1.29, 1.82) is 0 Å². The molecule has 1 aliphatic rings. The Labute approximate surface area is 329 Å². The monoisotopic (exact) mass is 729 g/mol. The summed E-state index contributed by atoms with van der Waals surface area (Å²) in [6.07, 6.45) is 0. The fraction of sp³-hybridized carbons (Fsp3) is 0.208. The standard InChI is InChI=1S/C53H47NO2/c1-51(2,3)34-30-37-47-45(56-50(37)40(31-34)52(4,5)6)29-28-39-49(47)48-38(53(39,7)8)19-14-20-42(48)54(35-26-24-33(25-27-35)32-16-10-9-11-17-32)41-21-15-23-44-46(41)36-18-12-13-22-43(36)55-44/h9-31H,1-8H3. The third kappa shape index (κ3) is 5.10. The van der Waals surface area contributed by atoms with Crippen molar-refractivity contribution in [1.82, 2.24) is 0 Å². The Balaban J connectivity index is 1.31. The van der Waals surface area contributed by atoms with Crippen molar-refractivity contribution in [2.75, 3.05) is 4.90 Å². The highest BCUT2D eigenvalue weighted by Gasteiger charge is 2.41. The maximum atomic E-state index is 6.98. The van der Waals surface area contributed by atoms with Crippen LogP contribution in [0.1, 0.15) is 77.6 Å². The summed E-state index contributed by atoms with van der Waals surface area (Å²) in [6, 6.07) is 50.7. The van der Waals surface area contributed by atoms with Crippen LogP contribution in [-0.2, 0) is 16.2 Å². The molecule has 0 aliphatic heterocycles. The largest absolute Gasteiger partial charge is 0.456 e. The van der Waals surface area contributed by atoms with Gasteiger partial charge in [-0.3, -0.25) is 0 Å². The van der Waals surface area contributed by atoms with Crippen molar-refractivity contribution in [3.05, 3.63) is 162 Å². The lowest BCUT2D eigenvalue weighted by molar-refractivity contribution is 0.559. The number of hydrogen-bond acceptors (Lipinski definition) is 3. The Morgan fingerprint density at radius 3 is 1.88 bits per heavy atom. The van der Waals surface area contributed by atoms with Gasteiger partial charge >= 0.3 is 0 Å². The van der Waals surface area contributed by atoms with Crippen LogP contribution in [0.25, 0.3) is 66.1 Å². The van der Waals surface area contributed by atoms with E-state index in [1.165, 1.54) is 55.3 Å². The SMILES string of the molecule is CC(C)(C)c1cc(C(C)(C)C)c2oc3ccc4c(c3c2c1)-c1c(N(c2ccc(-c3ccccc3)cc2)c2cccc3oc5ccccc5c23)cccc1C4(C)C.